The average Bonchev–Trinajstić information content (AvgIpc) is 2.66. The minimum atomic E-state index is -1.71. The van der Waals surface area contributed by atoms with Crippen molar-refractivity contribution in [3.05, 3.63) is 30.1 Å². The molecule has 3 heteroatoms. The second-order valence-electron chi connectivity index (χ2n) is 6.89. The molecule has 0 saturated heterocycles. The zero-order valence-electron chi connectivity index (χ0n) is 13.9. The smallest absolute Gasteiger partial charge is 0.171 e. The maximum atomic E-state index is 4.71. The van der Waals surface area contributed by atoms with Gasteiger partial charge in [-0.3, -0.25) is 0 Å². The summed E-state index contributed by atoms with van der Waals surface area (Å²) >= 11 is 0. The Balaban J connectivity index is 2.85. The molecule has 0 aliphatic heterocycles. The number of aryl methyl sites for hydroxylation is 1. The summed E-state index contributed by atoms with van der Waals surface area (Å²) in [7, 11) is -1.71. The fraction of sp³-hybridized carbons (Fsp3) is 0.588. The molecule has 0 atom stereocenters. The summed E-state index contributed by atoms with van der Waals surface area (Å²) in [5.74, 6) is 0. The largest absolute Gasteiger partial charge is 0.356 e. The summed E-state index contributed by atoms with van der Waals surface area (Å²) in [5, 5.41) is 1.28. The van der Waals surface area contributed by atoms with Crippen LogP contribution in [0.25, 0.3) is 11.0 Å². The Bertz CT molecular complexity index is 574. The number of aromatic nitrogens is 2. The van der Waals surface area contributed by atoms with Crippen molar-refractivity contribution in [3.63, 3.8) is 0 Å². The molecule has 0 N–H and O–H groups in total. The molecule has 0 fully saturated rings. The van der Waals surface area contributed by atoms with Gasteiger partial charge in [0, 0.05) is 17.3 Å². The summed E-state index contributed by atoms with van der Waals surface area (Å²) < 4.78 is 2.64. The quantitative estimate of drug-likeness (QED) is 0.692. The Labute approximate surface area is 124 Å². The van der Waals surface area contributed by atoms with Crippen LogP contribution in [0.4, 0.5) is 0 Å². The first-order valence-corrected chi connectivity index (χ1v) is 9.94. The third-order valence-corrected chi connectivity index (χ3v) is 11.8. The highest BCUT2D eigenvalue weighted by Crippen LogP contribution is 2.44. The van der Waals surface area contributed by atoms with E-state index in [1.165, 1.54) is 16.7 Å². The maximum absolute atomic E-state index is 4.71. The zero-order valence-corrected chi connectivity index (χ0v) is 14.9. The molecule has 2 aromatic rings. The highest BCUT2D eigenvalue weighted by Gasteiger charge is 2.46. The fourth-order valence-corrected chi connectivity index (χ4v) is 11.2. The molecule has 0 aliphatic carbocycles. The molecule has 2 aromatic heterocycles. The van der Waals surface area contributed by atoms with E-state index in [9.17, 15) is 0 Å². The lowest BCUT2D eigenvalue weighted by atomic mass is 10.3. The van der Waals surface area contributed by atoms with E-state index in [1.54, 1.807) is 0 Å². The third kappa shape index (κ3) is 2.03. The van der Waals surface area contributed by atoms with Crippen LogP contribution in [0.15, 0.2) is 24.4 Å². The van der Waals surface area contributed by atoms with Crippen LogP contribution in [-0.4, -0.2) is 17.5 Å². The molecule has 0 bridgehead atoms. The molecule has 110 valence electrons. The fourth-order valence-electron chi connectivity index (χ4n) is 4.43. The second-order valence-corrected chi connectivity index (χ2v) is 12.6. The number of nitrogens with zero attached hydrogens (tertiary/aromatic N) is 2. The summed E-state index contributed by atoms with van der Waals surface area (Å²) in [5.41, 5.74) is 4.64. The predicted molar refractivity (Wildman–Crippen MR) is 90.9 cm³/mol. The van der Waals surface area contributed by atoms with Crippen LogP contribution in [0.2, 0.25) is 16.6 Å². The molecule has 0 aliphatic rings. The molecule has 0 amide bonds. The Morgan fingerprint density at radius 3 is 2.05 bits per heavy atom. The van der Waals surface area contributed by atoms with E-state index in [-0.39, 0.29) is 0 Å². The Morgan fingerprint density at radius 1 is 1.00 bits per heavy atom. The van der Waals surface area contributed by atoms with Crippen LogP contribution in [0.1, 0.15) is 47.2 Å². The van der Waals surface area contributed by atoms with E-state index in [1.807, 2.05) is 12.3 Å². The van der Waals surface area contributed by atoms with Gasteiger partial charge in [0.25, 0.3) is 0 Å². The van der Waals surface area contributed by atoms with Crippen LogP contribution < -0.4 is 0 Å². The molecule has 0 unspecified atom stereocenters. The van der Waals surface area contributed by atoms with Crippen LogP contribution in [-0.2, 0) is 0 Å². The highest BCUT2D eigenvalue weighted by molar-refractivity contribution is 6.82. The number of pyridine rings is 1. The van der Waals surface area contributed by atoms with Gasteiger partial charge in [-0.2, -0.15) is 0 Å². The normalized spacial score (nSPS) is 13.1. The van der Waals surface area contributed by atoms with Gasteiger partial charge in [0.05, 0.1) is 0 Å². The predicted octanol–water partition coefficient (Wildman–Crippen LogP) is 5.37. The summed E-state index contributed by atoms with van der Waals surface area (Å²) in [6, 6.07) is 6.53. The Hall–Kier alpha value is -1.09. The van der Waals surface area contributed by atoms with Gasteiger partial charge in [0.2, 0.25) is 0 Å². The van der Waals surface area contributed by atoms with Crippen molar-refractivity contribution < 1.29 is 0 Å². The molecule has 2 heterocycles. The Kier molecular flexibility index (Phi) is 4.10. The SMILES string of the molecule is Cc1cc2cccnc2n1[Si](C(C)C)(C(C)C)C(C)C. The number of hydrogen-bond donors (Lipinski definition) is 0. The van der Waals surface area contributed by atoms with Gasteiger partial charge >= 0.3 is 0 Å². The molecule has 2 nitrogen and oxygen atoms in total. The lowest BCUT2D eigenvalue weighted by Crippen LogP contribution is -2.52. The molecule has 0 spiro atoms. The van der Waals surface area contributed by atoms with Gasteiger partial charge in [-0.1, -0.05) is 41.5 Å². The molecule has 2 rings (SSSR count). The second kappa shape index (κ2) is 5.36. The van der Waals surface area contributed by atoms with Crippen LogP contribution in [0.3, 0.4) is 0 Å². The number of fused-ring (bicyclic) bond motifs is 1. The van der Waals surface area contributed by atoms with E-state index >= 15 is 0 Å². The first kappa shape index (κ1) is 15.3. The number of hydrogen-bond acceptors (Lipinski definition) is 1. The highest BCUT2D eigenvalue weighted by atomic mass is 28.3. The average molecular weight is 289 g/mol. The monoisotopic (exact) mass is 288 g/mol. The minimum Gasteiger partial charge on any atom is -0.356 e. The summed E-state index contributed by atoms with van der Waals surface area (Å²) in [6.45, 7) is 16.7. The number of rotatable bonds is 4. The van der Waals surface area contributed by atoms with Crippen molar-refractivity contribution in [1.82, 2.24) is 9.22 Å². The third-order valence-electron chi connectivity index (χ3n) is 4.91. The summed E-state index contributed by atoms with van der Waals surface area (Å²) in [6.07, 6.45) is 1.93. The first-order chi connectivity index (χ1) is 9.33. The standard InChI is InChI=1S/C17H28N2Si/c1-12(2)20(13(3)4,14(5)6)19-15(7)11-16-9-8-10-18-17(16)19/h8-14H,1-7H3. The molecular formula is C17H28N2Si. The van der Waals surface area contributed by atoms with Crippen molar-refractivity contribution in [2.45, 2.75) is 65.1 Å². The van der Waals surface area contributed by atoms with Crippen LogP contribution in [0, 0.1) is 6.92 Å². The van der Waals surface area contributed by atoms with Crippen molar-refractivity contribution >= 4 is 19.3 Å². The first-order valence-electron chi connectivity index (χ1n) is 7.77. The van der Waals surface area contributed by atoms with Crippen LogP contribution in [0.5, 0.6) is 0 Å². The van der Waals surface area contributed by atoms with Crippen molar-refractivity contribution in [2.75, 3.05) is 0 Å². The Morgan fingerprint density at radius 2 is 1.55 bits per heavy atom. The van der Waals surface area contributed by atoms with Crippen molar-refractivity contribution in [2.24, 2.45) is 0 Å². The lowest BCUT2D eigenvalue weighted by molar-refractivity contribution is 0.763. The molecule has 0 aromatic carbocycles. The van der Waals surface area contributed by atoms with Gasteiger partial charge in [0.1, 0.15) is 5.65 Å². The molecule has 0 saturated carbocycles. The minimum absolute atomic E-state index is 0.693. The zero-order chi connectivity index (χ0) is 15.1. The maximum Gasteiger partial charge on any atom is 0.171 e. The lowest BCUT2D eigenvalue weighted by Gasteiger charge is -2.45. The van der Waals surface area contributed by atoms with Gasteiger partial charge in [-0.15, -0.1) is 0 Å². The molecule has 0 radical (unpaired) electrons. The van der Waals surface area contributed by atoms with E-state index in [0.717, 1.165) is 0 Å². The summed E-state index contributed by atoms with van der Waals surface area (Å²) in [4.78, 5) is 4.71. The van der Waals surface area contributed by atoms with Gasteiger partial charge in [-0.25, -0.2) is 4.98 Å². The van der Waals surface area contributed by atoms with Crippen molar-refractivity contribution in [1.29, 1.82) is 0 Å². The van der Waals surface area contributed by atoms with E-state index in [4.69, 9.17) is 4.98 Å². The topological polar surface area (TPSA) is 17.8 Å². The van der Waals surface area contributed by atoms with Gasteiger partial charge < -0.3 is 4.23 Å². The van der Waals surface area contributed by atoms with Crippen LogP contribution >= 0.6 is 0 Å². The molecule has 20 heavy (non-hydrogen) atoms. The van der Waals surface area contributed by atoms with E-state index < -0.39 is 8.24 Å². The van der Waals surface area contributed by atoms with Crippen molar-refractivity contribution in [3.8, 4) is 0 Å². The van der Waals surface area contributed by atoms with Gasteiger partial charge in [-0.05, 0) is 41.7 Å². The van der Waals surface area contributed by atoms with E-state index in [0.29, 0.717) is 16.6 Å². The molecular weight excluding hydrogens is 260 g/mol. The van der Waals surface area contributed by atoms with Gasteiger partial charge in [0.15, 0.2) is 8.24 Å². The van der Waals surface area contributed by atoms with E-state index in [2.05, 4.69) is 64.8 Å².